The third-order valence-electron chi connectivity index (χ3n) is 2.25. The Kier molecular flexibility index (Phi) is 2.78. The lowest BCUT2D eigenvalue weighted by atomic mass is 10.1. The van der Waals surface area contributed by atoms with Crippen molar-refractivity contribution < 1.29 is 19.0 Å². The van der Waals surface area contributed by atoms with E-state index in [9.17, 15) is 9.18 Å². The molecule has 2 rings (SSSR count). The molecule has 3 nitrogen and oxygen atoms in total. The first kappa shape index (κ1) is 10.9. The van der Waals surface area contributed by atoms with Crippen LogP contribution < -0.4 is 4.74 Å². The minimum Gasteiger partial charge on any atom is -0.497 e. The van der Waals surface area contributed by atoms with Gasteiger partial charge in [-0.2, -0.15) is 0 Å². The minimum absolute atomic E-state index is 0.163. The molecule has 1 heterocycles. The van der Waals surface area contributed by atoms with Gasteiger partial charge in [0.2, 0.25) is 0 Å². The number of hydrogen-bond acceptors (Lipinski definition) is 3. The zero-order chi connectivity index (χ0) is 11.7. The van der Waals surface area contributed by atoms with E-state index in [1.165, 1.54) is 24.5 Å². The van der Waals surface area contributed by atoms with E-state index < -0.39 is 11.8 Å². The van der Waals surface area contributed by atoms with Crippen molar-refractivity contribution in [2.24, 2.45) is 0 Å². The molecule has 0 aliphatic carbocycles. The number of halogens is 1. The Hall–Kier alpha value is -1.62. The van der Waals surface area contributed by atoms with Gasteiger partial charge in [-0.3, -0.25) is 4.79 Å². The average Bonchev–Trinajstić information content (AvgIpc) is 2.60. The van der Waals surface area contributed by atoms with Crippen LogP contribution in [0, 0.1) is 5.82 Å². The predicted molar refractivity (Wildman–Crippen MR) is 59.7 cm³/mol. The highest BCUT2D eigenvalue weighted by atomic mass is 32.1. The van der Waals surface area contributed by atoms with E-state index in [-0.39, 0.29) is 6.42 Å². The van der Waals surface area contributed by atoms with Gasteiger partial charge < -0.3 is 9.84 Å². The van der Waals surface area contributed by atoms with Crippen molar-refractivity contribution in [1.29, 1.82) is 0 Å². The number of aliphatic carboxylic acids is 1. The summed E-state index contributed by atoms with van der Waals surface area (Å²) in [5, 5.41) is 10.7. The molecule has 5 heteroatoms. The summed E-state index contributed by atoms with van der Waals surface area (Å²) in [5.74, 6) is -0.963. The van der Waals surface area contributed by atoms with Gasteiger partial charge >= 0.3 is 5.97 Å². The average molecular weight is 240 g/mol. The molecule has 0 spiro atoms. The van der Waals surface area contributed by atoms with E-state index in [1.54, 1.807) is 11.4 Å². The van der Waals surface area contributed by atoms with Crippen molar-refractivity contribution >= 4 is 27.4 Å². The fraction of sp³-hybridized carbons (Fsp3) is 0.182. The van der Waals surface area contributed by atoms with Gasteiger partial charge in [0, 0.05) is 16.2 Å². The van der Waals surface area contributed by atoms with Crippen LogP contribution in [0.25, 0.3) is 10.1 Å². The molecule has 1 aromatic carbocycles. The smallest absolute Gasteiger partial charge is 0.307 e. The molecule has 0 aliphatic rings. The number of fused-ring (bicyclic) bond motifs is 1. The van der Waals surface area contributed by atoms with Crippen molar-refractivity contribution in [1.82, 2.24) is 0 Å². The van der Waals surface area contributed by atoms with Crippen LogP contribution in [0.15, 0.2) is 17.5 Å². The number of rotatable bonds is 3. The maximum atomic E-state index is 13.7. The summed E-state index contributed by atoms with van der Waals surface area (Å²) in [6.07, 6.45) is -0.163. The third-order valence-corrected chi connectivity index (χ3v) is 3.23. The van der Waals surface area contributed by atoms with Crippen molar-refractivity contribution in [3.63, 3.8) is 0 Å². The van der Waals surface area contributed by atoms with Gasteiger partial charge in [-0.1, -0.05) is 0 Å². The fourth-order valence-electron chi connectivity index (χ4n) is 1.57. The number of carbonyl (C=O) groups is 1. The summed E-state index contributed by atoms with van der Waals surface area (Å²) in [6.45, 7) is 0. The van der Waals surface area contributed by atoms with Crippen LogP contribution in [0.4, 0.5) is 4.39 Å². The molecule has 0 saturated carbocycles. The molecule has 0 saturated heterocycles. The van der Waals surface area contributed by atoms with Crippen LogP contribution in [0.1, 0.15) is 5.56 Å². The molecule has 0 unspecified atom stereocenters. The Bertz CT molecular complexity index is 547. The van der Waals surface area contributed by atoms with Crippen molar-refractivity contribution in [2.75, 3.05) is 7.11 Å². The summed E-state index contributed by atoms with van der Waals surface area (Å²) in [5.41, 5.74) is 0.507. The van der Waals surface area contributed by atoms with Crippen molar-refractivity contribution in [3.8, 4) is 5.75 Å². The highest BCUT2D eigenvalue weighted by molar-refractivity contribution is 7.17. The molecule has 0 radical (unpaired) electrons. The molecule has 1 N–H and O–H groups in total. The van der Waals surface area contributed by atoms with Gasteiger partial charge in [0.15, 0.2) is 0 Å². The summed E-state index contributed by atoms with van der Waals surface area (Å²) < 4.78 is 19.4. The molecule has 0 atom stereocenters. The monoisotopic (exact) mass is 240 g/mol. The quantitative estimate of drug-likeness (QED) is 0.897. The van der Waals surface area contributed by atoms with E-state index in [2.05, 4.69) is 0 Å². The molecular formula is C11H9FO3S. The number of carboxylic acid groups (broad SMARTS) is 1. The fourth-order valence-corrected chi connectivity index (χ4v) is 2.57. The van der Waals surface area contributed by atoms with E-state index in [1.807, 2.05) is 0 Å². The molecule has 1 aromatic heterocycles. The highest BCUT2D eigenvalue weighted by Gasteiger charge is 2.13. The molecule has 0 bridgehead atoms. The number of methoxy groups -OCH3 is 1. The van der Waals surface area contributed by atoms with E-state index in [0.717, 1.165) is 0 Å². The normalized spacial score (nSPS) is 10.6. The zero-order valence-corrected chi connectivity index (χ0v) is 9.31. The Morgan fingerprint density at radius 1 is 1.56 bits per heavy atom. The van der Waals surface area contributed by atoms with Crippen LogP contribution in [-0.4, -0.2) is 18.2 Å². The van der Waals surface area contributed by atoms with Crippen LogP contribution in [-0.2, 0) is 11.2 Å². The number of hydrogen-bond donors (Lipinski definition) is 1. The van der Waals surface area contributed by atoms with Gasteiger partial charge in [0.1, 0.15) is 11.6 Å². The standard InChI is InChI=1S/C11H9FO3S/c1-15-7-3-8(12)11-6(2-10(13)14)5-16-9(11)4-7/h3-5H,2H2,1H3,(H,13,14). The van der Waals surface area contributed by atoms with Crippen molar-refractivity contribution in [2.45, 2.75) is 6.42 Å². The van der Waals surface area contributed by atoms with Crippen LogP contribution >= 0.6 is 11.3 Å². The van der Waals surface area contributed by atoms with Gasteiger partial charge in [0.25, 0.3) is 0 Å². The topological polar surface area (TPSA) is 46.5 Å². The van der Waals surface area contributed by atoms with Gasteiger partial charge in [0.05, 0.1) is 13.5 Å². The van der Waals surface area contributed by atoms with Crippen LogP contribution in [0.2, 0.25) is 0 Å². The molecule has 0 aliphatic heterocycles. The molecule has 16 heavy (non-hydrogen) atoms. The predicted octanol–water partition coefficient (Wildman–Crippen LogP) is 2.68. The first-order chi connectivity index (χ1) is 7.61. The number of ether oxygens (including phenoxy) is 1. The third kappa shape index (κ3) is 1.86. The number of benzene rings is 1. The summed E-state index contributed by atoms with van der Waals surface area (Å²) in [7, 11) is 1.46. The Balaban J connectivity index is 2.59. The Labute approximate surface area is 95.1 Å². The largest absolute Gasteiger partial charge is 0.497 e. The van der Waals surface area contributed by atoms with Crippen LogP contribution in [0.3, 0.4) is 0 Å². The van der Waals surface area contributed by atoms with Crippen LogP contribution in [0.5, 0.6) is 5.75 Å². The lowest BCUT2D eigenvalue weighted by Gasteiger charge is -2.01. The van der Waals surface area contributed by atoms with E-state index in [4.69, 9.17) is 9.84 Å². The second-order valence-electron chi connectivity index (χ2n) is 3.31. The van der Waals surface area contributed by atoms with E-state index >= 15 is 0 Å². The number of carboxylic acids is 1. The lowest BCUT2D eigenvalue weighted by molar-refractivity contribution is -0.136. The maximum absolute atomic E-state index is 13.7. The molecule has 0 amide bonds. The summed E-state index contributed by atoms with van der Waals surface area (Å²) in [6, 6.07) is 2.97. The Morgan fingerprint density at radius 2 is 2.31 bits per heavy atom. The van der Waals surface area contributed by atoms with Gasteiger partial charge in [-0.25, -0.2) is 4.39 Å². The Morgan fingerprint density at radius 3 is 2.94 bits per heavy atom. The SMILES string of the molecule is COc1cc(F)c2c(CC(=O)O)csc2c1. The first-order valence-electron chi connectivity index (χ1n) is 4.57. The maximum Gasteiger partial charge on any atom is 0.307 e. The van der Waals surface area contributed by atoms with E-state index in [0.29, 0.717) is 21.4 Å². The van der Waals surface area contributed by atoms with Gasteiger partial charge in [-0.05, 0) is 17.0 Å². The highest BCUT2D eigenvalue weighted by Crippen LogP contribution is 2.32. The second kappa shape index (κ2) is 4.09. The first-order valence-corrected chi connectivity index (χ1v) is 5.45. The lowest BCUT2D eigenvalue weighted by Crippen LogP contribution is -1.99. The molecule has 84 valence electrons. The summed E-state index contributed by atoms with van der Waals surface area (Å²) in [4.78, 5) is 10.6. The van der Waals surface area contributed by atoms with Crippen molar-refractivity contribution in [3.05, 3.63) is 28.9 Å². The minimum atomic E-state index is -0.963. The number of thiophene rings is 1. The molecular weight excluding hydrogens is 231 g/mol. The molecule has 0 fully saturated rings. The second-order valence-corrected chi connectivity index (χ2v) is 4.23. The molecule has 2 aromatic rings. The van der Waals surface area contributed by atoms with Gasteiger partial charge in [-0.15, -0.1) is 11.3 Å². The summed E-state index contributed by atoms with van der Waals surface area (Å²) >= 11 is 1.32. The zero-order valence-electron chi connectivity index (χ0n) is 8.49.